The predicted molar refractivity (Wildman–Crippen MR) is 101 cm³/mol. The Kier molecular flexibility index (Phi) is 6.42. The molecule has 1 saturated heterocycles. The van der Waals surface area contributed by atoms with Crippen LogP contribution in [0.2, 0.25) is 0 Å². The molecule has 0 saturated carbocycles. The summed E-state index contributed by atoms with van der Waals surface area (Å²) in [6.45, 7) is 0. The minimum absolute atomic E-state index is 0.394. The van der Waals surface area contributed by atoms with Crippen molar-refractivity contribution in [2.24, 2.45) is 5.92 Å². The standard InChI is InChI=1S/C20H23ClO7/c1-27-13-5-2-10(3-6-13)8-12-9-11(4-7-14(12)21)18-16(23)15(22)17(24)19(28-18)20(25)26/h2-7,11,15-19,22-24H,8-9H2,1H3,(H,25,26)/t11?,15-,16-,17+,18+,19+/m1/s1. The fourth-order valence-electron chi connectivity index (χ4n) is 3.61. The van der Waals surface area contributed by atoms with Crippen LogP contribution in [0.5, 0.6) is 5.75 Å². The number of carbonyl (C=O) groups is 1. The van der Waals surface area contributed by atoms with Crippen molar-refractivity contribution in [3.63, 3.8) is 0 Å². The highest BCUT2D eigenvalue weighted by Crippen LogP contribution is 2.36. The van der Waals surface area contributed by atoms with Gasteiger partial charge in [-0.3, -0.25) is 0 Å². The first kappa shape index (κ1) is 20.8. The van der Waals surface area contributed by atoms with Gasteiger partial charge >= 0.3 is 5.97 Å². The van der Waals surface area contributed by atoms with E-state index in [2.05, 4.69) is 0 Å². The molecule has 2 aliphatic rings. The molecule has 0 aromatic heterocycles. The smallest absolute Gasteiger partial charge is 0.335 e. The van der Waals surface area contributed by atoms with Crippen LogP contribution in [-0.4, -0.2) is 64.0 Å². The van der Waals surface area contributed by atoms with E-state index in [0.717, 1.165) is 16.9 Å². The van der Waals surface area contributed by atoms with Crippen molar-refractivity contribution in [1.82, 2.24) is 0 Å². The molecule has 1 heterocycles. The number of aliphatic hydroxyl groups is 3. The van der Waals surface area contributed by atoms with E-state index in [1.807, 2.05) is 24.3 Å². The number of carboxylic acids is 1. The van der Waals surface area contributed by atoms with Crippen molar-refractivity contribution in [2.45, 2.75) is 43.4 Å². The molecule has 7 nitrogen and oxygen atoms in total. The first-order chi connectivity index (χ1) is 13.3. The summed E-state index contributed by atoms with van der Waals surface area (Å²) >= 11 is 6.34. The lowest BCUT2D eigenvalue weighted by molar-refractivity contribution is -0.234. The Hall–Kier alpha value is -1.90. The van der Waals surface area contributed by atoms with E-state index in [1.165, 1.54) is 0 Å². The fourth-order valence-corrected chi connectivity index (χ4v) is 3.83. The highest BCUT2D eigenvalue weighted by Gasteiger charge is 2.49. The second-order valence-corrected chi connectivity index (χ2v) is 7.44. The quantitative estimate of drug-likeness (QED) is 0.577. The number of hydrogen-bond acceptors (Lipinski definition) is 6. The highest BCUT2D eigenvalue weighted by atomic mass is 35.5. The van der Waals surface area contributed by atoms with Gasteiger partial charge in [-0.25, -0.2) is 4.79 Å². The average molecular weight is 411 g/mol. The van der Waals surface area contributed by atoms with Gasteiger partial charge < -0.3 is 29.9 Å². The zero-order valence-corrected chi connectivity index (χ0v) is 16.0. The number of aliphatic hydroxyl groups excluding tert-OH is 3. The van der Waals surface area contributed by atoms with Crippen molar-refractivity contribution in [2.75, 3.05) is 7.11 Å². The van der Waals surface area contributed by atoms with E-state index >= 15 is 0 Å². The fraction of sp³-hybridized carbons (Fsp3) is 0.450. The van der Waals surface area contributed by atoms with E-state index in [4.69, 9.17) is 21.1 Å². The summed E-state index contributed by atoms with van der Waals surface area (Å²) in [5.41, 5.74) is 1.93. The second kappa shape index (κ2) is 8.63. The Labute approximate surface area is 167 Å². The monoisotopic (exact) mass is 410 g/mol. The second-order valence-electron chi connectivity index (χ2n) is 7.03. The Balaban J connectivity index is 1.75. The van der Waals surface area contributed by atoms with Crippen molar-refractivity contribution in [1.29, 1.82) is 0 Å². The van der Waals surface area contributed by atoms with Crippen LogP contribution in [0.25, 0.3) is 0 Å². The minimum atomic E-state index is -1.70. The lowest BCUT2D eigenvalue weighted by Gasteiger charge is -2.42. The zero-order valence-electron chi connectivity index (χ0n) is 15.2. The van der Waals surface area contributed by atoms with Crippen LogP contribution in [0.1, 0.15) is 12.0 Å². The van der Waals surface area contributed by atoms with Crippen molar-refractivity contribution < 1.29 is 34.7 Å². The molecule has 8 heteroatoms. The third-order valence-corrected chi connectivity index (χ3v) is 5.60. The average Bonchev–Trinajstić information content (AvgIpc) is 2.68. The lowest BCUT2D eigenvalue weighted by atomic mass is 9.81. The van der Waals surface area contributed by atoms with Gasteiger partial charge in [0.25, 0.3) is 0 Å². The maximum absolute atomic E-state index is 11.3. The maximum Gasteiger partial charge on any atom is 0.335 e. The molecule has 3 rings (SSSR count). The van der Waals surface area contributed by atoms with Crippen LogP contribution < -0.4 is 4.74 Å². The predicted octanol–water partition coefficient (Wildman–Crippen LogP) is 1.24. The molecule has 1 fully saturated rings. The number of allylic oxidation sites excluding steroid dienone is 3. The molecule has 4 N–H and O–H groups in total. The molecular weight excluding hydrogens is 388 g/mol. The molecule has 1 aliphatic heterocycles. The molecule has 0 spiro atoms. The van der Waals surface area contributed by atoms with Crippen LogP contribution >= 0.6 is 11.6 Å². The van der Waals surface area contributed by atoms with Crippen molar-refractivity contribution >= 4 is 17.6 Å². The zero-order chi connectivity index (χ0) is 20.4. The summed E-state index contributed by atoms with van der Waals surface area (Å²) in [7, 11) is 1.59. The van der Waals surface area contributed by atoms with E-state index in [-0.39, 0.29) is 0 Å². The van der Waals surface area contributed by atoms with Crippen LogP contribution in [0, 0.1) is 5.92 Å². The maximum atomic E-state index is 11.3. The lowest BCUT2D eigenvalue weighted by Crippen LogP contribution is -2.61. The van der Waals surface area contributed by atoms with Gasteiger partial charge in [0.1, 0.15) is 24.1 Å². The molecular formula is C20H23ClO7. The normalized spacial score (nSPS) is 33.0. The van der Waals surface area contributed by atoms with Crippen molar-refractivity contribution in [3.8, 4) is 5.75 Å². The van der Waals surface area contributed by atoms with Crippen LogP contribution in [0.4, 0.5) is 0 Å². The Morgan fingerprint density at radius 2 is 1.86 bits per heavy atom. The van der Waals surface area contributed by atoms with Gasteiger partial charge in [-0.2, -0.15) is 0 Å². The summed E-state index contributed by atoms with van der Waals surface area (Å²) in [5.74, 6) is -1.04. The number of benzene rings is 1. The first-order valence-electron chi connectivity index (χ1n) is 8.93. The number of rotatable bonds is 5. The minimum Gasteiger partial charge on any atom is -0.497 e. The first-order valence-corrected chi connectivity index (χ1v) is 9.30. The van der Waals surface area contributed by atoms with Gasteiger partial charge in [0.15, 0.2) is 6.10 Å². The van der Waals surface area contributed by atoms with Gasteiger partial charge in [0.05, 0.1) is 13.2 Å². The molecule has 0 bridgehead atoms. The van der Waals surface area contributed by atoms with Crippen LogP contribution in [-0.2, 0) is 16.0 Å². The number of halogens is 1. The highest BCUT2D eigenvalue weighted by molar-refractivity contribution is 6.31. The third kappa shape index (κ3) is 4.24. The Morgan fingerprint density at radius 1 is 1.18 bits per heavy atom. The Bertz CT molecular complexity index is 773. The van der Waals surface area contributed by atoms with E-state index in [1.54, 1.807) is 19.3 Å². The van der Waals surface area contributed by atoms with E-state index in [0.29, 0.717) is 17.9 Å². The SMILES string of the molecule is COc1ccc(CC2=C(Cl)C=CC([C@@H]3O[C@H](C(=O)O)[C@@H](O)[C@H](O)[C@H]3O)C2)cc1. The number of aliphatic carboxylic acids is 1. The molecule has 152 valence electrons. The number of ether oxygens (including phenoxy) is 2. The molecule has 28 heavy (non-hydrogen) atoms. The summed E-state index contributed by atoms with van der Waals surface area (Å²) in [6.07, 6.45) is -2.89. The van der Waals surface area contributed by atoms with Crippen LogP contribution in [0.15, 0.2) is 47.0 Å². The van der Waals surface area contributed by atoms with Gasteiger partial charge in [-0.1, -0.05) is 29.8 Å². The third-order valence-electron chi connectivity index (χ3n) is 5.20. The topological polar surface area (TPSA) is 116 Å². The summed E-state index contributed by atoms with van der Waals surface area (Å²) in [6, 6.07) is 7.55. The molecule has 1 aromatic rings. The van der Waals surface area contributed by atoms with Gasteiger partial charge in [-0.05, 0) is 42.2 Å². The molecule has 0 radical (unpaired) electrons. The van der Waals surface area contributed by atoms with Gasteiger partial charge in [0, 0.05) is 11.0 Å². The molecule has 1 aromatic carbocycles. The van der Waals surface area contributed by atoms with Gasteiger partial charge in [0.2, 0.25) is 0 Å². The number of hydrogen-bond donors (Lipinski definition) is 4. The van der Waals surface area contributed by atoms with Crippen LogP contribution in [0.3, 0.4) is 0 Å². The Morgan fingerprint density at radius 3 is 2.46 bits per heavy atom. The van der Waals surface area contributed by atoms with E-state index in [9.17, 15) is 25.2 Å². The molecule has 6 atom stereocenters. The summed E-state index contributed by atoms with van der Waals surface area (Å²) < 4.78 is 10.6. The summed E-state index contributed by atoms with van der Waals surface area (Å²) in [4.78, 5) is 11.3. The number of carboxylic acid groups (broad SMARTS) is 1. The molecule has 1 unspecified atom stereocenters. The van der Waals surface area contributed by atoms with Crippen molar-refractivity contribution in [3.05, 3.63) is 52.6 Å². The van der Waals surface area contributed by atoms with E-state index < -0.39 is 42.4 Å². The number of methoxy groups -OCH3 is 1. The largest absolute Gasteiger partial charge is 0.497 e. The van der Waals surface area contributed by atoms with Gasteiger partial charge in [-0.15, -0.1) is 0 Å². The molecule has 1 aliphatic carbocycles. The molecule has 0 amide bonds. The summed E-state index contributed by atoms with van der Waals surface area (Å²) in [5, 5.41) is 40.0.